The molecule has 0 radical (unpaired) electrons. The number of nitrogens with two attached hydrogens (primary N) is 1. The number of rotatable bonds is 9. The second kappa shape index (κ2) is 11.3. The van der Waals surface area contributed by atoms with Crippen molar-refractivity contribution in [3.8, 4) is 6.07 Å². The third kappa shape index (κ3) is 6.09. The van der Waals surface area contributed by atoms with Crippen molar-refractivity contribution in [1.82, 2.24) is 15.5 Å². The van der Waals surface area contributed by atoms with Crippen molar-refractivity contribution in [2.45, 2.75) is 19.1 Å². The van der Waals surface area contributed by atoms with Crippen LogP contribution >= 0.6 is 0 Å². The summed E-state index contributed by atoms with van der Waals surface area (Å²) in [5.74, 6) is -0.477. The van der Waals surface area contributed by atoms with E-state index in [4.69, 9.17) is 11.0 Å². The largest absolute Gasteiger partial charge is 0.380 e. The van der Waals surface area contributed by atoms with E-state index in [1.165, 1.54) is 5.69 Å². The number of primary amides is 1. The molecule has 1 fully saturated rings. The predicted molar refractivity (Wildman–Crippen MR) is 135 cm³/mol. The maximum Gasteiger partial charge on any atom is 0.252 e. The number of amides is 1. The monoisotopic (exact) mass is 457 g/mol. The number of nitriles is 1. The molecule has 176 valence electrons. The van der Waals surface area contributed by atoms with Crippen LogP contribution in [-0.4, -0.2) is 49.7 Å². The second-order valence-electron chi connectivity index (χ2n) is 8.41. The van der Waals surface area contributed by atoms with Gasteiger partial charge in [0, 0.05) is 69.0 Å². The van der Waals surface area contributed by atoms with Gasteiger partial charge < -0.3 is 26.6 Å². The van der Waals surface area contributed by atoms with E-state index in [2.05, 4.69) is 56.1 Å². The summed E-state index contributed by atoms with van der Waals surface area (Å²) in [6, 6.07) is 20.6. The van der Waals surface area contributed by atoms with Crippen molar-refractivity contribution in [1.29, 1.82) is 5.26 Å². The molecule has 1 amide bonds. The van der Waals surface area contributed by atoms with E-state index < -0.39 is 5.91 Å². The number of dihydropyridines is 1. The van der Waals surface area contributed by atoms with Crippen molar-refractivity contribution in [3.05, 3.63) is 83.7 Å². The number of piperazine rings is 1. The Morgan fingerprint density at radius 3 is 2.50 bits per heavy atom. The Morgan fingerprint density at radius 2 is 1.82 bits per heavy atom. The Morgan fingerprint density at radius 1 is 1.09 bits per heavy atom. The van der Waals surface area contributed by atoms with Gasteiger partial charge in [0.2, 0.25) is 0 Å². The molecule has 2 heterocycles. The summed E-state index contributed by atoms with van der Waals surface area (Å²) in [7, 11) is 0. The molecule has 1 saturated heterocycles. The molecule has 8 nitrogen and oxygen atoms in total. The maximum absolute atomic E-state index is 11.9. The van der Waals surface area contributed by atoms with Gasteiger partial charge >= 0.3 is 0 Å². The smallest absolute Gasteiger partial charge is 0.252 e. The number of benzene rings is 2. The first kappa shape index (κ1) is 23.2. The molecule has 4 rings (SSSR count). The molecule has 1 unspecified atom stereocenters. The molecular weight excluding hydrogens is 426 g/mol. The fourth-order valence-electron chi connectivity index (χ4n) is 4.18. The Hall–Kier alpha value is -3.96. The first-order chi connectivity index (χ1) is 16.6. The predicted octanol–water partition coefficient (Wildman–Crippen LogP) is 2.11. The summed E-state index contributed by atoms with van der Waals surface area (Å²) >= 11 is 0. The SMILES string of the molecule is N#CCCN1CCN(c2ccc(NC3C=C(NCc4ccccc4)C(C(N)=O)=CN3)cc2)CC1. The van der Waals surface area contributed by atoms with Crippen LogP contribution < -0.4 is 26.6 Å². The Bertz CT molecular complexity index is 1060. The Labute approximate surface area is 200 Å². The number of hydrogen-bond donors (Lipinski definition) is 4. The first-order valence-corrected chi connectivity index (χ1v) is 11.6. The number of nitrogens with one attached hydrogen (secondary N) is 3. The third-order valence-corrected chi connectivity index (χ3v) is 6.09. The van der Waals surface area contributed by atoms with Gasteiger partial charge in [-0.1, -0.05) is 30.3 Å². The number of anilines is 2. The molecule has 34 heavy (non-hydrogen) atoms. The molecule has 5 N–H and O–H groups in total. The highest BCUT2D eigenvalue weighted by molar-refractivity contribution is 5.96. The molecule has 2 aromatic carbocycles. The highest BCUT2D eigenvalue weighted by Crippen LogP contribution is 2.21. The van der Waals surface area contributed by atoms with Gasteiger partial charge in [-0.15, -0.1) is 0 Å². The summed E-state index contributed by atoms with van der Waals surface area (Å²) in [4.78, 5) is 16.6. The van der Waals surface area contributed by atoms with Crippen molar-refractivity contribution in [3.63, 3.8) is 0 Å². The van der Waals surface area contributed by atoms with E-state index >= 15 is 0 Å². The zero-order valence-electron chi connectivity index (χ0n) is 19.2. The van der Waals surface area contributed by atoms with Gasteiger partial charge in [-0.25, -0.2) is 0 Å². The van der Waals surface area contributed by atoms with Crippen LogP contribution in [-0.2, 0) is 11.3 Å². The van der Waals surface area contributed by atoms with E-state index in [0.717, 1.165) is 44.0 Å². The summed E-state index contributed by atoms with van der Waals surface area (Å²) in [6.45, 7) is 5.33. The van der Waals surface area contributed by atoms with Crippen molar-refractivity contribution in [2.24, 2.45) is 5.73 Å². The van der Waals surface area contributed by atoms with Crippen LogP contribution in [0.4, 0.5) is 11.4 Å². The van der Waals surface area contributed by atoms with Gasteiger partial charge in [0.1, 0.15) is 6.17 Å². The van der Waals surface area contributed by atoms with Crippen LogP contribution in [0.2, 0.25) is 0 Å². The fraction of sp³-hybridized carbons (Fsp3) is 0.308. The van der Waals surface area contributed by atoms with Gasteiger partial charge in [-0.3, -0.25) is 9.69 Å². The van der Waals surface area contributed by atoms with Gasteiger partial charge in [0.15, 0.2) is 0 Å². The minimum Gasteiger partial charge on any atom is -0.380 e. The quantitative estimate of drug-likeness (QED) is 0.457. The lowest BCUT2D eigenvalue weighted by Gasteiger charge is -2.35. The van der Waals surface area contributed by atoms with Crippen molar-refractivity contribution >= 4 is 17.3 Å². The zero-order valence-corrected chi connectivity index (χ0v) is 19.2. The van der Waals surface area contributed by atoms with Crippen LogP contribution in [0.25, 0.3) is 0 Å². The topological polar surface area (TPSA) is 109 Å². The molecule has 2 aliphatic heterocycles. The molecule has 0 saturated carbocycles. The Kier molecular flexibility index (Phi) is 7.68. The molecule has 2 aliphatic rings. The molecular formula is C26H31N7O. The molecule has 2 aromatic rings. The highest BCUT2D eigenvalue weighted by atomic mass is 16.1. The fourth-order valence-corrected chi connectivity index (χ4v) is 4.18. The first-order valence-electron chi connectivity index (χ1n) is 11.6. The third-order valence-electron chi connectivity index (χ3n) is 6.09. The number of carbonyl (C=O) groups excluding carboxylic acids is 1. The number of carbonyl (C=O) groups is 1. The van der Waals surface area contributed by atoms with Gasteiger partial charge in [0.25, 0.3) is 5.91 Å². The molecule has 0 aromatic heterocycles. The van der Waals surface area contributed by atoms with Crippen molar-refractivity contribution < 1.29 is 4.79 Å². The van der Waals surface area contributed by atoms with Crippen LogP contribution in [0.15, 0.2) is 78.1 Å². The lowest BCUT2D eigenvalue weighted by Crippen LogP contribution is -2.46. The number of nitrogens with zero attached hydrogens (tertiary/aromatic N) is 3. The van der Waals surface area contributed by atoms with Crippen molar-refractivity contribution in [2.75, 3.05) is 42.9 Å². The molecule has 1 atom stereocenters. The second-order valence-corrected chi connectivity index (χ2v) is 8.41. The summed E-state index contributed by atoms with van der Waals surface area (Å²) in [5, 5.41) is 18.7. The molecule has 8 heteroatoms. The summed E-state index contributed by atoms with van der Waals surface area (Å²) < 4.78 is 0. The normalized spacial score (nSPS) is 18.2. The van der Waals surface area contributed by atoms with Gasteiger partial charge in [-0.05, 0) is 35.9 Å². The number of hydrogen-bond acceptors (Lipinski definition) is 7. The van der Waals surface area contributed by atoms with E-state index in [-0.39, 0.29) is 6.17 Å². The standard InChI is InChI=1S/C26H31N7O/c27-11-4-12-32-13-15-33(16-14-32)22-9-7-21(8-10-22)31-25-17-24(23(19-30-25)26(28)34)29-18-20-5-2-1-3-6-20/h1-3,5-10,17,19,25,29-31H,4,12-16,18H2,(H2,28,34). The van der Waals surface area contributed by atoms with E-state index in [0.29, 0.717) is 24.2 Å². The molecule has 0 spiro atoms. The maximum atomic E-state index is 11.9. The van der Waals surface area contributed by atoms with Crippen LogP contribution in [0.5, 0.6) is 0 Å². The molecule has 0 bridgehead atoms. The molecule has 0 aliphatic carbocycles. The minimum absolute atomic E-state index is 0.184. The van der Waals surface area contributed by atoms with Crippen LogP contribution in [0.1, 0.15) is 12.0 Å². The van der Waals surface area contributed by atoms with E-state index in [1.807, 2.05) is 36.4 Å². The van der Waals surface area contributed by atoms with Crippen LogP contribution in [0, 0.1) is 11.3 Å². The Balaban J connectivity index is 1.35. The lowest BCUT2D eigenvalue weighted by molar-refractivity contribution is -0.114. The average Bonchev–Trinajstić information content (AvgIpc) is 2.87. The lowest BCUT2D eigenvalue weighted by atomic mass is 10.1. The minimum atomic E-state index is -0.477. The van der Waals surface area contributed by atoms with Gasteiger partial charge in [-0.2, -0.15) is 5.26 Å². The average molecular weight is 458 g/mol. The summed E-state index contributed by atoms with van der Waals surface area (Å²) in [5.41, 5.74) is 10.0. The van der Waals surface area contributed by atoms with E-state index in [9.17, 15) is 4.79 Å². The van der Waals surface area contributed by atoms with Gasteiger partial charge in [0.05, 0.1) is 11.6 Å². The highest BCUT2D eigenvalue weighted by Gasteiger charge is 2.20. The summed E-state index contributed by atoms with van der Waals surface area (Å²) in [6.07, 6.45) is 4.00. The van der Waals surface area contributed by atoms with Crippen LogP contribution in [0.3, 0.4) is 0 Å². The zero-order chi connectivity index (χ0) is 23.8. The van der Waals surface area contributed by atoms with E-state index in [1.54, 1.807) is 6.20 Å².